The van der Waals surface area contributed by atoms with Crippen molar-refractivity contribution in [3.8, 4) is 11.5 Å². The van der Waals surface area contributed by atoms with Crippen LogP contribution in [0.2, 0.25) is 18.6 Å². The molecule has 0 aliphatic carbocycles. The highest BCUT2D eigenvalue weighted by atomic mass is 28.3. The Balaban J connectivity index is 1.09. The van der Waals surface area contributed by atoms with Gasteiger partial charge in [0.2, 0.25) is 0 Å². The zero-order chi connectivity index (χ0) is 36.2. The second kappa shape index (κ2) is 15.5. The molecule has 0 spiro atoms. The lowest BCUT2D eigenvalue weighted by Gasteiger charge is -2.36. The van der Waals surface area contributed by atoms with Crippen molar-refractivity contribution in [1.29, 1.82) is 0 Å². The second-order valence-electron chi connectivity index (χ2n) is 14.6. The standard InChI is InChI=1S/C42H48N4O5Si/c1-29-38(22-17-30-11-10-14-32(25-30)46-37-15-8-9-16-39(37)50-28-41(46)48)51-40(42(29)52(3,4)34-20-18-33(49-2)19-21-34)23-24-45-26-36(43-44-45)35(27-47)31-12-6-5-7-13-31/h5-16,18-21,25-26,29,35,38,40,42,47H,17,22-24,27-28H2,1-4H3/t29-,35?,38+,40-,42+/m0/s1. The predicted octanol–water partition coefficient (Wildman–Crippen LogP) is 6.88. The summed E-state index contributed by atoms with van der Waals surface area (Å²) in [5.74, 6) is 1.62. The Bertz CT molecular complexity index is 1970. The summed E-state index contributed by atoms with van der Waals surface area (Å²) in [7, 11) is -0.342. The van der Waals surface area contributed by atoms with E-state index < -0.39 is 8.07 Å². The maximum Gasteiger partial charge on any atom is 0.269 e. The highest BCUT2D eigenvalue weighted by molar-refractivity contribution is 6.91. The van der Waals surface area contributed by atoms with E-state index in [2.05, 4.69) is 66.7 Å². The number of hydrogen-bond acceptors (Lipinski definition) is 7. The van der Waals surface area contributed by atoms with Gasteiger partial charge in [0.1, 0.15) is 11.5 Å². The summed E-state index contributed by atoms with van der Waals surface area (Å²) in [6, 6.07) is 34.6. The van der Waals surface area contributed by atoms with Crippen molar-refractivity contribution in [3.63, 3.8) is 0 Å². The Morgan fingerprint density at radius 1 is 0.942 bits per heavy atom. The minimum Gasteiger partial charge on any atom is -0.497 e. The maximum atomic E-state index is 13.0. The van der Waals surface area contributed by atoms with E-state index in [-0.39, 0.29) is 37.2 Å². The zero-order valence-electron chi connectivity index (χ0n) is 30.4. The van der Waals surface area contributed by atoms with Crippen LogP contribution in [-0.4, -0.2) is 66.6 Å². The van der Waals surface area contributed by atoms with E-state index in [0.717, 1.165) is 47.6 Å². The van der Waals surface area contributed by atoms with Gasteiger partial charge in [-0.05, 0) is 78.2 Å². The number of amides is 1. The number of ether oxygens (including phenoxy) is 3. The van der Waals surface area contributed by atoms with Crippen LogP contribution in [0.4, 0.5) is 11.4 Å². The third-order valence-electron chi connectivity index (χ3n) is 11.1. The molecule has 1 aromatic heterocycles. The molecule has 9 nitrogen and oxygen atoms in total. The Labute approximate surface area is 307 Å². The molecule has 0 bridgehead atoms. The molecular weight excluding hydrogens is 669 g/mol. The number of methoxy groups -OCH3 is 1. The topological polar surface area (TPSA) is 98.9 Å². The van der Waals surface area contributed by atoms with Crippen molar-refractivity contribution in [3.05, 3.63) is 126 Å². The Kier molecular flexibility index (Phi) is 10.6. The third kappa shape index (κ3) is 7.28. The fourth-order valence-corrected chi connectivity index (χ4v) is 12.5. The van der Waals surface area contributed by atoms with Crippen LogP contribution < -0.4 is 19.6 Å². The first-order valence-corrected chi connectivity index (χ1v) is 21.3. The summed E-state index contributed by atoms with van der Waals surface area (Å²) in [6.45, 7) is 7.97. The summed E-state index contributed by atoms with van der Waals surface area (Å²) in [6.07, 6.45) is 4.62. The molecular formula is C42H48N4O5Si. The number of aliphatic hydroxyl groups is 1. The van der Waals surface area contributed by atoms with E-state index in [4.69, 9.17) is 14.2 Å². The van der Waals surface area contributed by atoms with Crippen LogP contribution in [-0.2, 0) is 22.5 Å². The molecule has 4 aromatic carbocycles. The van der Waals surface area contributed by atoms with Crippen molar-refractivity contribution >= 4 is 30.5 Å². The predicted molar refractivity (Wildman–Crippen MR) is 206 cm³/mol. The first-order valence-electron chi connectivity index (χ1n) is 18.3. The van der Waals surface area contributed by atoms with E-state index in [0.29, 0.717) is 23.8 Å². The monoisotopic (exact) mass is 716 g/mol. The van der Waals surface area contributed by atoms with Gasteiger partial charge in [-0.1, -0.05) is 97.1 Å². The normalized spacial score (nSPS) is 20.7. The number of fused-ring (bicyclic) bond motifs is 1. The number of aliphatic hydroxyl groups excluding tert-OH is 1. The number of carbonyl (C=O) groups excluding carboxylic acids is 1. The van der Waals surface area contributed by atoms with Gasteiger partial charge in [0.25, 0.3) is 5.91 Å². The summed E-state index contributed by atoms with van der Waals surface area (Å²) in [5, 5.41) is 20.5. The van der Waals surface area contributed by atoms with Crippen molar-refractivity contribution in [1.82, 2.24) is 15.0 Å². The van der Waals surface area contributed by atoms with Crippen LogP contribution in [0.1, 0.15) is 42.5 Å². The summed E-state index contributed by atoms with van der Waals surface area (Å²) in [5.41, 5.74) is 4.95. The van der Waals surface area contributed by atoms with Gasteiger partial charge >= 0.3 is 0 Å². The minimum atomic E-state index is -2.05. The zero-order valence-corrected chi connectivity index (χ0v) is 31.4. The van der Waals surface area contributed by atoms with Crippen LogP contribution in [0.3, 0.4) is 0 Å². The first-order chi connectivity index (χ1) is 25.3. The van der Waals surface area contributed by atoms with E-state index in [1.54, 1.807) is 12.0 Å². The molecule has 5 atom stereocenters. The van der Waals surface area contributed by atoms with Gasteiger partial charge in [0, 0.05) is 18.4 Å². The average molecular weight is 717 g/mol. The summed E-state index contributed by atoms with van der Waals surface area (Å²) >= 11 is 0. The number of benzene rings is 4. The van der Waals surface area contributed by atoms with E-state index in [9.17, 15) is 9.90 Å². The lowest BCUT2D eigenvalue weighted by molar-refractivity contribution is -0.120. The van der Waals surface area contributed by atoms with Crippen LogP contribution in [0.5, 0.6) is 11.5 Å². The molecule has 1 fully saturated rings. The average Bonchev–Trinajstić information content (AvgIpc) is 3.77. The van der Waals surface area contributed by atoms with Gasteiger partial charge < -0.3 is 19.3 Å². The number of carbonyl (C=O) groups is 1. The molecule has 0 saturated carbocycles. The molecule has 1 amide bonds. The molecule has 0 radical (unpaired) electrons. The minimum absolute atomic E-state index is 0.0241. The molecule has 270 valence electrons. The number of para-hydroxylation sites is 2. The molecule has 10 heteroatoms. The van der Waals surface area contributed by atoms with Gasteiger partial charge in [0.15, 0.2) is 6.61 Å². The van der Waals surface area contributed by atoms with Gasteiger partial charge in [-0.2, -0.15) is 0 Å². The Morgan fingerprint density at radius 3 is 2.48 bits per heavy atom. The highest BCUT2D eigenvalue weighted by Crippen LogP contribution is 2.47. The van der Waals surface area contributed by atoms with Gasteiger partial charge in [-0.25, -0.2) is 0 Å². The smallest absolute Gasteiger partial charge is 0.269 e. The van der Waals surface area contributed by atoms with E-state index in [1.165, 1.54) is 10.8 Å². The second-order valence-corrected chi connectivity index (χ2v) is 19.3. The molecule has 1 N–H and O–H groups in total. The van der Waals surface area contributed by atoms with Crippen molar-refractivity contribution in [2.75, 3.05) is 25.2 Å². The van der Waals surface area contributed by atoms with Crippen LogP contribution in [0.15, 0.2) is 109 Å². The number of aromatic nitrogens is 3. The molecule has 5 aromatic rings. The first kappa shape index (κ1) is 35.6. The molecule has 7 rings (SSSR count). The van der Waals surface area contributed by atoms with Gasteiger partial charge in [0.05, 0.1) is 51.3 Å². The highest BCUT2D eigenvalue weighted by Gasteiger charge is 2.50. The fraction of sp³-hybridized carbons (Fsp3) is 0.357. The summed E-state index contributed by atoms with van der Waals surface area (Å²) < 4.78 is 20.1. The van der Waals surface area contributed by atoms with Gasteiger partial charge in [-0.3, -0.25) is 14.4 Å². The summed E-state index contributed by atoms with van der Waals surface area (Å²) in [4.78, 5) is 14.8. The van der Waals surface area contributed by atoms with Crippen LogP contribution in [0.25, 0.3) is 0 Å². The SMILES string of the molecule is COc1ccc([Si](C)(C)[C@@H]2[C@@H](C)[C@@H](CCc3cccc(N4C(=O)COc5ccccc54)c3)O[C@H]2CCn2cc(C(CO)c3ccccc3)nn2)cc1. The molecule has 1 saturated heterocycles. The third-order valence-corrected chi connectivity index (χ3v) is 15.5. The molecule has 2 aliphatic heterocycles. The van der Waals surface area contributed by atoms with Gasteiger partial charge in [-0.15, -0.1) is 5.10 Å². The largest absolute Gasteiger partial charge is 0.497 e. The lowest BCUT2D eigenvalue weighted by atomic mass is 9.95. The lowest BCUT2D eigenvalue weighted by Crippen LogP contribution is -2.50. The number of anilines is 2. The van der Waals surface area contributed by atoms with E-state index in [1.807, 2.05) is 77.6 Å². The Hall–Kier alpha value is -4.77. The molecule has 3 heterocycles. The quantitative estimate of drug-likeness (QED) is 0.133. The molecule has 2 aliphatic rings. The fourth-order valence-electron chi connectivity index (χ4n) is 8.36. The van der Waals surface area contributed by atoms with Crippen molar-refractivity contribution in [2.24, 2.45) is 5.92 Å². The maximum absolute atomic E-state index is 13.0. The van der Waals surface area contributed by atoms with E-state index >= 15 is 0 Å². The van der Waals surface area contributed by atoms with Crippen molar-refractivity contribution in [2.45, 2.75) is 69.5 Å². The molecule has 52 heavy (non-hydrogen) atoms. The Morgan fingerprint density at radius 2 is 1.71 bits per heavy atom. The number of hydrogen-bond donors (Lipinski definition) is 1. The van der Waals surface area contributed by atoms with Crippen LogP contribution in [0, 0.1) is 5.92 Å². The van der Waals surface area contributed by atoms with Crippen molar-refractivity contribution < 1.29 is 24.1 Å². The van der Waals surface area contributed by atoms with Crippen LogP contribution >= 0.6 is 0 Å². The molecule has 1 unspecified atom stereocenters. The number of aryl methyl sites for hydroxylation is 2. The number of nitrogens with zero attached hydrogens (tertiary/aromatic N) is 4. The number of rotatable bonds is 13.